The van der Waals surface area contributed by atoms with Gasteiger partial charge < -0.3 is 10.2 Å². The summed E-state index contributed by atoms with van der Waals surface area (Å²) in [5.41, 5.74) is -1.01. The van der Waals surface area contributed by atoms with Gasteiger partial charge in [-0.1, -0.05) is 76.4 Å². The third-order valence-corrected chi connectivity index (χ3v) is 4.36. The van der Waals surface area contributed by atoms with Gasteiger partial charge in [-0.15, -0.1) is 6.58 Å². The van der Waals surface area contributed by atoms with Crippen LogP contribution in [-0.4, -0.2) is 15.8 Å². The molecule has 0 saturated heterocycles. The molecule has 0 heterocycles. The lowest BCUT2D eigenvalue weighted by molar-refractivity contribution is -0.140. The zero-order valence-electron chi connectivity index (χ0n) is 13.0. The fourth-order valence-electron chi connectivity index (χ4n) is 2.54. The lowest BCUT2D eigenvalue weighted by Crippen LogP contribution is -2.48. The maximum Gasteiger partial charge on any atom is 0.108 e. The molecule has 0 unspecified atom stereocenters. The number of hydrogen-bond donors (Lipinski definition) is 2. The molecule has 0 aliphatic rings. The van der Waals surface area contributed by atoms with Crippen LogP contribution in [0.3, 0.4) is 0 Å². The number of benzene rings is 1. The number of unbranched alkanes of at least 4 members (excludes halogenated alkanes) is 2. The quantitative estimate of drug-likeness (QED) is 0.550. The van der Waals surface area contributed by atoms with E-state index in [0.717, 1.165) is 24.8 Å². The van der Waals surface area contributed by atoms with Crippen LogP contribution in [0.15, 0.2) is 43.0 Å². The van der Waals surface area contributed by atoms with Crippen molar-refractivity contribution >= 4 is 0 Å². The monoisotopic (exact) mass is 276 g/mol. The summed E-state index contributed by atoms with van der Waals surface area (Å²) in [5.74, 6) is 0. The van der Waals surface area contributed by atoms with E-state index in [1.807, 2.05) is 44.2 Å². The van der Waals surface area contributed by atoms with Crippen LogP contribution in [0.25, 0.3) is 0 Å². The summed E-state index contributed by atoms with van der Waals surface area (Å²) in [5, 5.41) is 21.9. The van der Waals surface area contributed by atoms with Crippen molar-refractivity contribution in [2.75, 3.05) is 0 Å². The molecule has 112 valence electrons. The predicted molar refractivity (Wildman–Crippen MR) is 84.5 cm³/mol. The highest BCUT2D eigenvalue weighted by Gasteiger charge is 2.47. The van der Waals surface area contributed by atoms with Gasteiger partial charge in [0.15, 0.2) is 0 Å². The van der Waals surface area contributed by atoms with Gasteiger partial charge in [0.2, 0.25) is 0 Å². The second-order valence-corrected chi connectivity index (χ2v) is 6.12. The summed E-state index contributed by atoms with van der Waals surface area (Å²) in [4.78, 5) is 0. The standard InChI is InChI=1S/C18H28O2/c1-5-7-11-14-18(20,17(3,4)6-2)16(19)15-12-9-8-10-13-15/h6,8-10,12-13,16,19-20H,2,5,7,11,14H2,1,3-4H3/t16-,18-/m1/s1. The first kappa shape index (κ1) is 16.9. The van der Waals surface area contributed by atoms with Gasteiger partial charge in [-0.05, 0) is 12.0 Å². The lowest BCUT2D eigenvalue weighted by Gasteiger charge is -2.44. The first-order chi connectivity index (χ1) is 9.39. The molecule has 0 aliphatic heterocycles. The maximum absolute atomic E-state index is 11.2. The van der Waals surface area contributed by atoms with Crippen LogP contribution < -0.4 is 0 Å². The molecule has 0 bridgehead atoms. The molecule has 2 nitrogen and oxygen atoms in total. The van der Waals surface area contributed by atoms with E-state index in [0.29, 0.717) is 6.42 Å². The Bertz CT molecular complexity index is 411. The third-order valence-electron chi connectivity index (χ3n) is 4.36. The zero-order valence-corrected chi connectivity index (χ0v) is 13.0. The van der Waals surface area contributed by atoms with Crippen molar-refractivity contribution in [1.82, 2.24) is 0 Å². The molecule has 0 fully saturated rings. The van der Waals surface area contributed by atoms with E-state index >= 15 is 0 Å². The summed E-state index contributed by atoms with van der Waals surface area (Å²) in [6.07, 6.45) is 4.44. The van der Waals surface area contributed by atoms with Gasteiger partial charge in [0.25, 0.3) is 0 Å². The van der Waals surface area contributed by atoms with E-state index in [4.69, 9.17) is 0 Å². The van der Waals surface area contributed by atoms with E-state index in [1.54, 1.807) is 6.08 Å². The molecular weight excluding hydrogens is 248 g/mol. The third kappa shape index (κ3) is 3.50. The highest BCUT2D eigenvalue weighted by molar-refractivity contribution is 5.23. The highest BCUT2D eigenvalue weighted by Crippen LogP contribution is 2.44. The Morgan fingerprint density at radius 2 is 1.80 bits per heavy atom. The van der Waals surface area contributed by atoms with Crippen LogP contribution in [0, 0.1) is 5.41 Å². The zero-order chi connectivity index (χ0) is 15.2. The second-order valence-electron chi connectivity index (χ2n) is 6.12. The minimum absolute atomic E-state index is 0.560. The van der Waals surface area contributed by atoms with E-state index in [2.05, 4.69) is 13.5 Å². The summed E-state index contributed by atoms with van der Waals surface area (Å²) in [6, 6.07) is 9.38. The van der Waals surface area contributed by atoms with Crippen LogP contribution in [0.5, 0.6) is 0 Å². The molecule has 0 saturated carbocycles. The summed E-state index contributed by atoms with van der Waals surface area (Å²) in [6.45, 7) is 9.82. The number of aliphatic hydroxyl groups is 2. The fourth-order valence-corrected chi connectivity index (χ4v) is 2.54. The van der Waals surface area contributed by atoms with Crippen molar-refractivity contribution in [2.24, 2.45) is 5.41 Å². The average molecular weight is 276 g/mol. The SMILES string of the molecule is C=CC(C)(C)[C@@](O)(CCCCC)[C@H](O)c1ccccc1. The Morgan fingerprint density at radius 3 is 2.30 bits per heavy atom. The molecule has 20 heavy (non-hydrogen) atoms. The first-order valence-corrected chi connectivity index (χ1v) is 7.48. The molecular formula is C18H28O2. The predicted octanol–water partition coefficient (Wildman–Crippen LogP) is 4.24. The van der Waals surface area contributed by atoms with Crippen molar-refractivity contribution in [1.29, 1.82) is 0 Å². The molecule has 2 heteroatoms. The number of hydrogen-bond acceptors (Lipinski definition) is 2. The Kier molecular flexibility index (Phi) is 5.97. The molecule has 0 aromatic heterocycles. The van der Waals surface area contributed by atoms with Gasteiger partial charge in [0.1, 0.15) is 11.7 Å². The Morgan fingerprint density at radius 1 is 1.20 bits per heavy atom. The summed E-state index contributed by atoms with van der Waals surface area (Å²) in [7, 11) is 0. The first-order valence-electron chi connectivity index (χ1n) is 7.48. The van der Waals surface area contributed by atoms with Gasteiger partial charge in [-0.3, -0.25) is 0 Å². The van der Waals surface area contributed by atoms with E-state index in [9.17, 15) is 10.2 Å². The number of rotatable bonds is 8. The van der Waals surface area contributed by atoms with Gasteiger partial charge in [-0.2, -0.15) is 0 Å². The van der Waals surface area contributed by atoms with Crippen LogP contribution in [0.4, 0.5) is 0 Å². The molecule has 1 aromatic rings. The van der Waals surface area contributed by atoms with Crippen LogP contribution in [-0.2, 0) is 0 Å². The molecule has 1 aromatic carbocycles. The highest BCUT2D eigenvalue weighted by atomic mass is 16.3. The summed E-state index contributed by atoms with van der Waals surface area (Å²) >= 11 is 0. The smallest absolute Gasteiger partial charge is 0.108 e. The van der Waals surface area contributed by atoms with E-state index in [-0.39, 0.29) is 0 Å². The Labute approximate surface area is 123 Å². The molecule has 1 rings (SSSR count). The summed E-state index contributed by atoms with van der Waals surface area (Å²) < 4.78 is 0. The van der Waals surface area contributed by atoms with Crippen molar-refractivity contribution in [3.63, 3.8) is 0 Å². The maximum atomic E-state index is 11.2. The van der Waals surface area contributed by atoms with Crippen molar-refractivity contribution in [3.8, 4) is 0 Å². The normalized spacial score (nSPS) is 16.4. The minimum Gasteiger partial charge on any atom is -0.386 e. The van der Waals surface area contributed by atoms with Gasteiger partial charge in [-0.25, -0.2) is 0 Å². The molecule has 0 spiro atoms. The fraction of sp³-hybridized carbons (Fsp3) is 0.556. The molecule has 0 radical (unpaired) electrons. The van der Waals surface area contributed by atoms with Gasteiger partial charge in [0, 0.05) is 5.41 Å². The number of aliphatic hydroxyl groups excluding tert-OH is 1. The second kappa shape index (κ2) is 7.05. The van der Waals surface area contributed by atoms with E-state index < -0.39 is 17.1 Å². The molecule has 2 atom stereocenters. The van der Waals surface area contributed by atoms with Gasteiger partial charge >= 0.3 is 0 Å². The van der Waals surface area contributed by atoms with Crippen molar-refractivity contribution < 1.29 is 10.2 Å². The minimum atomic E-state index is -1.20. The molecule has 0 amide bonds. The van der Waals surface area contributed by atoms with Gasteiger partial charge in [0.05, 0.1) is 0 Å². The molecule has 2 N–H and O–H groups in total. The van der Waals surface area contributed by atoms with Crippen LogP contribution in [0.2, 0.25) is 0 Å². The Hall–Kier alpha value is -1.12. The topological polar surface area (TPSA) is 40.5 Å². The van der Waals surface area contributed by atoms with Crippen molar-refractivity contribution in [3.05, 3.63) is 48.6 Å². The lowest BCUT2D eigenvalue weighted by atomic mass is 9.67. The van der Waals surface area contributed by atoms with Crippen molar-refractivity contribution in [2.45, 2.75) is 58.2 Å². The average Bonchev–Trinajstić information content (AvgIpc) is 2.47. The Balaban J connectivity index is 3.06. The van der Waals surface area contributed by atoms with E-state index in [1.165, 1.54) is 0 Å². The van der Waals surface area contributed by atoms with Crippen LogP contribution in [0.1, 0.15) is 58.1 Å². The van der Waals surface area contributed by atoms with Crippen LogP contribution >= 0.6 is 0 Å². The largest absolute Gasteiger partial charge is 0.386 e. The molecule has 0 aliphatic carbocycles.